The molecule has 0 unspecified atom stereocenters. The summed E-state index contributed by atoms with van der Waals surface area (Å²) in [7, 11) is 0. The van der Waals surface area contributed by atoms with E-state index in [0.717, 1.165) is 30.4 Å². The second-order valence-electron chi connectivity index (χ2n) is 7.10. The van der Waals surface area contributed by atoms with E-state index in [-0.39, 0.29) is 5.91 Å². The summed E-state index contributed by atoms with van der Waals surface area (Å²) in [6.07, 6.45) is 5.19. The van der Waals surface area contributed by atoms with E-state index in [1.807, 2.05) is 16.6 Å². The lowest BCUT2D eigenvalue weighted by Gasteiger charge is -2.40. The number of aromatic nitrogens is 6. The van der Waals surface area contributed by atoms with Crippen molar-refractivity contribution in [3.63, 3.8) is 0 Å². The lowest BCUT2D eigenvalue weighted by molar-refractivity contribution is 0.0939. The maximum atomic E-state index is 11.9. The third-order valence-electron chi connectivity index (χ3n) is 5.32. The van der Waals surface area contributed by atoms with Gasteiger partial charge in [0.1, 0.15) is 11.5 Å². The van der Waals surface area contributed by atoms with Crippen molar-refractivity contribution >= 4 is 17.4 Å². The zero-order chi connectivity index (χ0) is 17.5. The average molecular weight is 352 g/mol. The highest BCUT2D eigenvalue weighted by Gasteiger charge is 2.30. The molecule has 3 aromatic heterocycles. The molecule has 0 aromatic carbocycles. The predicted octanol–water partition coefficient (Wildman–Crippen LogP) is 0.981. The van der Waals surface area contributed by atoms with E-state index in [9.17, 15) is 4.79 Å². The van der Waals surface area contributed by atoms with Gasteiger partial charge in [0.15, 0.2) is 11.5 Å². The molecule has 9 heteroatoms. The van der Waals surface area contributed by atoms with Gasteiger partial charge in [0.05, 0.1) is 0 Å². The lowest BCUT2D eigenvalue weighted by Crippen LogP contribution is -2.52. The molecule has 2 aliphatic rings. The Bertz CT molecular complexity index is 924. The second kappa shape index (κ2) is 6.08. The molecule has 9 nitrogen and oxygen atoms in total. The first kappa shape index (κ1) is 15.3. The Morgan fingerprint density at radius 1 is 1.23 bits per heavy atom. The molecule has 26 heavy (non-hydrogen) atoms. The molecule has 5 rings (SSSR count). The molecular weight excluding hydrogens is 332 g/mol. The van der Waals surface area contributed by atoms with Crippen LogP contribution in [0.1, 0.15) is 41.5 Å². The third kappa shape index (κ3) is 2.59. The fraction of sp³-hybridized carbons (Fsp3) is 0.471. The topological polar surface area (TPSA) is 104 Å². The summed E-state index contributed by atoms with van der Waals surface area (Å²) in [6.45, 7) is 2.40. The van der Waals surface area contributed by atoms with Gasteiger partial charge >= 0.3 is 0 Å². The number of amides is 1. The molecule has 1 saturated carbocycles. The highest BCUT2D eigenvalue weighted by molar-refractivity contribution is 5.92. The standard InChI is InChI=1S/C17H20N8O/c26-17(13-6-7-19-20-13)18-8-11-9-24(10-11)15-5-4-14-21-22-16(25(14)23-15)12-2-1-3-12/h4-7,11-12H,1-3,8-10H2,(H,18,26)(H,19,20). The Morgan fingerprint density at radius 2 is 2.12 bits per heavy atom. The van der Waals surface area contributed by atoms with Gasteiger partial charge in [-0.25, -0.2) is 0 Å². The minimum absolute atomic E-state index is 0.116. The van der Waals surface area contributed by atoms with Crippen molar-refractivity contribution in [1.82, 2.24) is 35.3 Å². The quantitative estimate of drug-likeness (QED) is 0.709. The summed E-state index contributed by atoms with van der Waals surface area (Å²) >= 11 is 0. The van der Waals surface area contributed by atoms with E-state index in [2.05, 4.69) is 30.6 Å². The number of aromatic amines is 1. The van der Waals surface area contributed by atoms with E-state index < -0.39 is 0 Å². The molecule has 0 bridgehead atoms. The molecule has 1 aliphatic carbocycles. The van der Waals surface area contributed by atoms with Crippen molar-refractivity contribution in [3.8, 4) is 0 Å². The fourth-order valence-electron chi connectivity index (χ4n) is 3.49. The Balaban J connectivity index is 1.21. The molecular formula is C17H20N8O. The Kier molecular flexibility index (Phi) is 3.58. The summed E-state index contributed by atoms with van der Waals surface area (Å²) in [5.74, 6) is 2.72. The van der Waals surface area contributed by atoms with Crippen LogP contribution >= 0.6 is 0 Å². The van der Waals surface area contributed by atoms with Gasteiger partial charge in [-0.1, -0.05) is 6.42 Å². The maximum absolute atomic E-state index is 11.9. The van der Waals surface area contributed by atoms with Crippen LogP contribution in [0.5, 0.6) is 0 Å². The SMILES string of the molecule is O=C(NCC1CN(c2ccc3nnc(C4CCC4)n3n2)C1)c1ccn[nH]1. The normalized spacial score (nSPS) is 17.9. The van der Waals surface area contributed by atoms with E-state index in [4.69, 9.17) is 5.10 Å². The predicted molar refractivity (Wildman–Crippen MR) is 94.0 cm³/mol. The fourth-order valence-corrected chi connectivity index (χ4v) is 3.49. The summed E-state index contributed by atoms with van der Waals surface area (Å²) < 4.78 is 1.90. The number of rotatable bonds is 5. The number of nitrogens with zero attached hydrogens (tertiary/aromatic N) is 6. The van der Waals surface area contributed by atoms with Gasteiger partial charge in [0, 0.05) is 37.7 Å². The first-order chi connectivity index (χ1) is 12.8. The van der Waals surface area contributed by atoms with Gasteiger partial charge in [-0.3, -0.25) is 9.89 Å². The van der Waals surface area contributed by atoms with Crippen LogP contribution in [0.2, 0.25) is 0 Å². The number of hydrogen-bond donors (Lipinski definition) is 2. The summed E-state index contributed by atoms with van der Waals surface area (Å²) in [6, 6.07) is 5.64. The molecule has 134 valence electrons. The van der Waals surface area contributed by atoms with Crippen LogP contribution in [-0.4, -0.2) is 55.6 Å². The van der Waals surface area contributed by atoms with Crippen LogP contribution in [-0.2, 0) is 0 Å². The van der Waals surface area contributed by atoms with Crippen molar-refractivity contribution < 1.29 is 4.79 Å². The van der Waals surface area contributed by atoms with Crippen molar-refractivity contribution in [1.29, 1.82) is 0 Å². The third-order valence-corrected chi connectivity index (χ3v) is 5.32. The average Bonchev–Trinajstić information content (AvgIpc) is 3.22. The number of fused-ring (bicyclic) bond motifs is 1. The minimum Gasteiger partial charge on any atom is -0.354 e. The van der Waals surface area contributed by atoms with Crippen molar-refractivity contribution in [2.75, 3.05) is 24.5 Å². The molecule has 1 saturated heterocycles. The van der Waals surface area contributed by atoms with Crippen LogP contribution in [0.4, 0.5) is 5.82 Å². The zero-order valence-electron chi connectivity index (χ0n) is 14.3. The minimum atomic E-state index is -0.116. The Morgan fingerprint density at radius 3 is 2.85 bits per heavy atom. The van der Waals surface area contributed by atoms with Crippen molar-refractivity contribution in [2.45, 2.75) is 25.2 Å². The molecule has 3 aromatic rings. The molecule has 2 N–H and O–H groups in total. The molecule has 0 spiro atoms. The summed E-state index contributed by atoms with van der Waals surface area (Å²) in [4.78, 5) is 14.1. The van der Waals surface area contributed by atoms with Crippen LogP contribution in [0.15, 0.2) is 24.4 Å². The van der Waals surface area contributed by atoms with Gasteiger partial charge in [-0.15, -0.1) is 15.3 Å². The van der Waals surface area contributed by atoms with Gasteiger partial charge < -0.3 is 10.2 Å². The number of nitrogens with one attached hydrogen (secondary N) is 2. The Labute approximate surface area is 149 Å². The monoisotopic (exact) mass is 352 g/mol. The van der Waals surface area contributed by atoms with E-state index in [1.165, 1.54) is 19.3 Å². The van der Waals surface area contributed by atoms with Gasteiger partial charge in [-0.05, 0) is 31.0 Å². The molecule has 2 fully saturated rings. The number of carbonyl (C=O) groups excluding carboxylic acids is 1. The Hall–Kier alpha value is -2.97. The molecule has 4 heterocycles. The maximum Gasteiger partial charge on any atom is 0.269 e. The van der Waals surface area contributed by atoms with E-state index >= 15 is 0 Å². The summed E-state index contributed by atoms with van der Waals surface area (Å²) in [5, 5.41) is 22.7. The first-order valence-corrected chi connectivity index (χ1v) is 9.03. The summed E-state index contributed by atoms with van der Waals surface area (Å²) in [5.41, 5.74) is 1.30. The van der Waals surface area contributed by atoms with Crippen molar-refractivity contribution in [2.24, 2.45) is 5.92 Å². The zero-order valence-corrected chi connectivity index (χ0v) is 14.3. The van der Waals surface area contributed by atoms with Crippen LogP contribution < -0.4 is 10.2 Å². The number of hydrogen-bond acceptors (Lipinski definition) is 6. The van der Waals surface area contributed by atoms with Crippen LogP contribution in [0.3, 0.4) is 0 Å². The second-order valence-corrected chi connectivity index (χ2v) is 7.10. The van der Waals surface area contributed by atoms with Crippen molar-refractivity contribution in [3.05, 3.63) is 35.9 Å². The number of H-pyrrole nitrogens is 1. The first-order valence-electron chi connectivity index (χ1n) is 9.03. The molecule has 0 atom stereocenters. The highest BCUT2D eigenvalue weighted by Crippen LogP contribution is 2.35. The number of carbonyl (C=O) groups is 1. The molecule has 1 amide bonds. The van der Waals surface area contributed by atoms with Gasteiger partial charge in [-0.2, -0.15) is 9.61 Å². The van der Waals surface area contributed by atoms with Crippen LogP contribution in [0, 0.1) is 5.92 Å². The largest absolute Gasteiger partial charge is 0.354 e. The molecule has 1 aliphatic heterocycles. The van der Waals surface area contributed by atoms with Gasteiger partial charge in [0.25, 0.3) is 5.91 Å². The lowest BCUT2D eigenvalue weighted by atomic mass is 9.85. The van der Waals surface area contributed by atoms with Crippen LogP contribution in [0.25, 0.3) is 5.65 Å². The van der Waals surface area contributed by atoms with E-state index in [0.29, 0.717) is 24.1 Å². The molecule has 0 radical (unpaired) electrons. The highest BCUT2D eigenvalue weighted by atomic mass is 16.1. The van der Waals surface area contributed by atoms with E-state index in [1.54, 1.807) is 12.3 Å². The smallest absolute Gasteiger partial charge is 0.269 e. The van der Waals surface area contributed by atoms with Gasteiger partial charge in [0.2, 0.25) is 0 Å². The number of anilines is 1.